The first-order valence-corrected chi connectivity index (χ1v) is 7.74. The fourth-order valence-corrected chi connectivity index (χ4v) is 3.22. The molecule has 0 heterocycles. The molecule has 3 N–H and O–H groups in total. The molecule has 1 unspecified atom stereocenters. The van der Waals surface area contributed by atoms with Gasteiger partial charge in [-0.2, -0.15) is 0 Å². The quantitative estimate of drug-likeness (QED) is 0.783. The van der Waals surface area contributed by atoms with E-state index in [9.17, 15) is 12.8 Å². The summed E-state index contributed by atoms with van der Waals surface area (Å²) in [4.78, 5) is -0.0457. The molecule has 7 heteroatoms. The molecule has 0 aliphatic rings. The van der Waals surface area contributed by atoms with Gasteiger partial charge in [0.25, 0.3) is 0 Å². The first-order chi connectivity index (χ1) is 9.19. The molecule has 1 atom stereocenters. The van der Waals surface area contributed by atoms with E-state index in [1.807, 2.05) is 13.8 Å². The number of sulfonamides is 1. The van der Waals surface area contributed by atoms with Crippen LogP contribution >= 0.6 is 0 Å². The Morgan fingerprint density at radius 2 is 2.00 bits per heavy atom. The van der Waals surface area contributed by atoms with E-state index in [1.54, 1.807) is 0 Å². The maximum Gasteiger partial charge on any atom is 0.240 e. The van der Waals surface area contributed by atoms with Gasteiger partial charge in [-0.25, -0.2) is 17.5 Å². The molecular formula is C13H21FN2O3S. The van der Waals surface area contributed by atoms with Crippen molar-refractivity contribution in [2.24, 2.45) is 5.92 Å². The zero-order valence-electron chi connectivity index (χ0n) is 12.1. The van der Waals surface area contributed by atoms with Crippen molar-refractivity contribution in [3.63, 3.8) is 0 Å². The number of hydrogen-bond acceptors (Lipinski definition) is 4. The van der Waals surface area contributed by atoms with E-state index >= 15 is 0 Å². The van der Waals surface area contributed by atoms with E-state index in [1.165, 1.54) is 20.1 Å². The third kappa shape index (κ3) is 3.91. The predicted molar refractivity (Wildman–Crippen MR) is 76.4 cm³/mol. The number of nitrogen functional groups attached to an aromatic ring is 1. The van der Waals surface area contributed by atoms with Gasteiger partial charge in [-0.05, 0) is 30.5 Å². The van der Waals surface area contributed by atoms with Gasteiger partial charge in [0.1, 0.15) is 5.82 Å². The summed E-state index contributed by atoms with van der Waals surface area (Å²) in [5.41, 5.74) is 5.49. The molecule has 0 bridgehead atoms. The third-order valence-electron chi connectivity index (χ3n) is 3.02. The molecule has 1 aromatic rings. The van der Waals surface area contributed by atoms with E-state index in [-0.39, 0.29) is 34.7 Å². The molecule has 0 saturated heterocycles. The molecule has 0 saturated carbocycles. The number of hydrogen-bond donors (Lipinski definition) is 2. The lowest BCUT2D eigenvalue weighted by Crippen LogP contribution is -2.41. The van der Waals surface area contributed by atoms with Crippen LogP contribution in [-0.4, -0.2) is 28.2 Å². The minimum atomic E-state index is -3.77. The Labute approximate surface area is 119 Å². The van der Waals surface area contributed by atoms with Crippen molar-refractivity contribution in [1.82, 2.24) is 4.72 Å². The van der Waals surface area contributed by atoms with Crippen LogP contribution in [0.25, 0.3) is 0 Å². The van der Waals surface area contributed by atoms with Gasteiger partial charge in [0.05, 0.1) is 17.2 Å². The number of halogens is 1. The maximum absolute atomic E-state index is 13.5. The summed E-state index contributed by atoms with van der Waals surface area (Å²) < 4.78 is 45.6. The van der Waals surface area contributed by atoms with Crippen LogP contribution in [0, 0.1) is 18.7 Å². The Balaban J connectivity index is 3.10. The van der Waals surface area contributed by atoms with E-state index in [0.29, 0.717) is 0 Å². The van der Waals surface area contributed by atoms with E-state index in [4.69, 9.17) is 10.5 Å². The predicted octanol–water partition coefficient (Wildman–Crippen LogP) is 1.67. The average molecular weight is 304 g/mol. The molecule has 5 nitrogen and oxygen atoms in total. The van der Waals surface area contributed by atoms with Crippen LogP contribution in [0.5, 0.6) is 0 Å². The number of ether oxygens (including phenoxy) is 1. The number of rotatable bonds is 6. The van der Waals surface area contributed by atoms with Crippen LogP contribution in [0.1, 0.15) is 19.4 Å². The molecule has 0 radical (unpaired) electrons. The van der Waals surface area contributed by atoms with Crippen molar-refractivity contribution < 1.29 is 17.5 Å². The fraction of sp³-hybridized carbons (Fsp3) is 0.538. The molecule has 0 spiro atoms. The molecule has 1 rings (SSSR count). The number of nitrogens with one attached hydrogen (secondary N) is 1. The van der Waals surface area contributed by atoms with Crippen molar-refractivity contribution in [1.29, 1.82) is 0 Å². The number of nitrogens with two attached hydrogens (primary N) is 1. The SMILES string of the molecule is COCC(NS(=O)(=O)c1cc(C)c(F)c(N)c1)C(C)C. The molecule has 114 valence electrons. The number of anilines is 1. The van der Waals surface area contributed by atoms with Gasteiger partial charge in [0.15, 0.2) is 0 Å². The normalized spacial score (nSPS) is 13.7. The highest BCUT2D eigenvalue weighted by molar-refractivity contribution is 7.89. The zero-order chi connectivity index (χ0) is 15.5. The van der Waals surface area contributed by atoms with Crippen LogP contribution in [0.2, 0.25) is 0 Å². The molecule has 20 heavy (non-hydrogen) atoms. The lowest BCUT2D eigenvalue weighted by atomic mass is 10.1. The second-order valence-electron chi connectivity index (χ2n) is 5.07. The minimum absolute atomic E-state index is 0.0457. The van der Waals surface area contributed by atoms with Crippen LogP contribution in [0.3, 0.4) is 0 Å². The zero-order valence-corrected chi connectivity index (χ0v) is 12.9. The monoisotopic (exact) mass is 304 g/mol. The van der Waals surface area contributed by atoms with Gasteiger partial charge in [-0.3, -0.25) is 0 Å². The summed E-state index contributed by atoms with van der Waals surface area (Å²) in [6.45, 7) is 5.50. The number of methoxy groups -OCH3 is 1. The Morgan fingerprint density at radius 3 is 2.45 bits per heavy atom. The summed E-state index contributed by atoms with van der Waals surface area (Å²) in [6.07, 6.45) is 0. The standard InChI is InChI=1S/C13H21FN2O3S/c1-8(2)12(7-19-4)16-20(17,18)10-5-9(3)13(14)11(15)6-10/h5-6,8,12,16H,7,15H2,1-4H3. The minimum Gasteiger partial charge on any atom is -0.396 e. The van der Waals surface area contributed by atoms with Gasteiger partial charge in [0, 0.05) is 13.2 Å². The van der Waals surface area contributed by atoms with Gasteiger partial charge in [0.2, 0.25) is 10.0 Å². The maximum atomic E-state index is 13.5. The number of aryl methyl sites for hydroxylation is 1. The average Bonchev–Trinajstić information content (AvgIpc) is 2.34. The Morgan fingerprint density at radius 1 is 1.40 bits per heavy atom. The third-order valence-corrected chi connectivity index (χ3v) is 4.49. The van der Waals surface area contributed by atoms with Crippen molar-refractivity contribution in [2.45, 2.75) is 31.7 Å². The van der Waals surface area contributed by atoms with E-state index < -0.39 is 15.8 Å². The Bertz CT molecular complexity index is 550. The molecule has 0 aromatic heterocycles. The number of benzene rings is 1. The van der Waals surface area contributed by atoms with Gasteiger partial charge in [-0.15, -0.1) is 0 Å². The summed E-state index contributed by atoms with van der Waals surface area (Å²) >= 11 is 0. The smallest absolute Gasteiger partial charge is 0.240 e. The van der Waals surface area contributed by atoms with Crippen LogP contribution in [0.4, 0.5) is 10.1 Å². The summed E-state index contributed by atoms with van der Waals surface area (Å²) in [5.74, 6) is -0.537. The van der Waals surface area contributed by atoms with Crippen molar-refractivity contribution >= 4 is 15.7 Å². The summed E-state index contributed by atoms with van der Waals surface area (Å²) in [5, 5.41) is 0. The fourth-order valence-electron chi connectivity index (χ4n) is 1.73. The van der Waals surface area contributed by atoms with E-state index in [0.717, 1.165) is 6.07 Å². The Hall–Kier alpha value is -1.18. The Kier molecular flexibility index (Phi) is 5.50. The first-order valence-electron chi connectivity index (χ1n) is 6.26. The summed E-state index contributed by atoms with van der Waals surface area (Å²) in [6, 6.07) is 2.02. The molecule has 0 aliphatic heterocycles. The lowest BCUT2D eigenvalue weighted by molar-refractivity contribution is 0.157. The lowest BCUT2D eigenvalue weighted by Gasteiger charge is -2.21. The topological polar surface area (TPSA) is 81.4 Å². The molecule has 0 aliphatic carbocycles. The largest absolute Gasteiger partial charge is 0.396 e. The molecule has 1 aromatic carbocycles. The highest BCUT2D eigenvalue weighted by atomic mass is 32.2. The second-order valence-corrected chi connectivity index (χ2v) is 6.78. The van der Waals surface area contributed by atoms with Gasteiger partial charge >= 0.3 is 0 Å². The highest BCUT2D eigenvalue weighted by Crippen LogP contribution is 2.21. The van der Waals surface area contributed by atoms with Crippen LogP contribution in [-0.2, 0) is 14.8 Å². The van der Waals surface area contributed by atoms with Gasteiger partial charge in [-0.1, -0.05) is 13.8 Å². The van der Waals surface area contributed by atoms with Crippen LogP contribution < -0.4 is 10.5 Å². The van der Waals surface area contributed by atoms with Crippen molar-refractivity contribution in [3.05, 3.63) is 23.5 Å². The van der Waals surface area contributed by atoms with Gasteiger partial charge < -0.3 is 10.5 Å². The second kappa shape index (κ2) is 6.51. The van der Waals surface area contributed by atoms with Crippen LogP contribution in [0.15, 0.2) is 17.0 Å². The van der Waals surface area contributed by atoms with Crippen molar-refractivity contribution in [2.75, 3.05) is 19.5 Å². The molecular weight excluding hydrogens is 283 g/mol. The summed E-state index contributed by atoms with van der Waals surface area (Å²) in [7, 11) is -2.26. The van der Waals surface area contributed by atoms with Crippen molar-refractivity contribution in [3.8, 4) is 0 Å². The molecule has 0 amide bonds. The molecule has 0 fully saturated rings. The first kappa shape index (κ1) is 16.9. The van der Waals surface area contributed by atoms with E-state index in [2.05, 4.69) is 4.72 Å². The highest BCUT2D eigenvalue weighted by Gasteiger charge is 2.23.